The summed E-state index contributed by atoms with van der Waals surface area (Å²) >= 11 is 0. The van der Waals surface area contributed by atoms with Crippen molar-refractivity contribution in [1.82, 2.24) is 0 Å². The number of ketones is 1. The lowest BCUT2D eigenvalue weighted by molar-refractivity contribution is 0.101. The highest BCUT2D eigenvalue weighted by Crippen LogP contribution is 2.27. The molecule has 0 spiro atoms. The molecule has 1 aromatic carbocycles. The number of hydrogen-bond acceptors (Lipinski definition) is 1. The number of Topliss-reactive ketones (excluding diaryl/α,β-unsaturated/α-hetero) is 1. The second-order valence-electron chi connectivity index (χ2n) is 3.57. The van der Waals surface area contributed by atoms with Crippen molar-refractivity contribution in [2.75, 3.05) is 0 Å². The minimum absolute atomic E-state index is 0.0114. The van der Waals surface area contributed by atoms with Crippen LogP contribution in [0.25, 0.3) is 0 Å². The molecule has 0 fully saturated rings. The summed E-state index contributed by atoms with van der Waals surface area (Å²) in [7, 11) is 0. The standard InChI is InChI=1S/C12H14F2O/c1-4-10-7(2)5-9(8(3)15)6-11(10)12(13)14/h5-6,12H,4H2,1-3H3. The predicted molar refractivity (Wildman–Crippen MR) is 55.5 cm³/mol. The first-order valence-corrected chi connectivity index (χ1v) is 4.89. The van der Waals surface area contributed by atoms with Crippen LogP contribution in [0.1, 0.15) is 47.3 Å². The second-order valence-corrected chi connectivity index (χ2v) is 3.57. The van der Waals surface area contributed by atoms with E-state index in [9.17, 15) is 13.6 Å². The van der Waals surface area contributed by atoms with Gasteiger partial charge in [0.2, 0.25) is 0 Å². The van der Waals surface area contributed by atoms with Gasteiger partial charge >= 0.3 is 0 Å². The Bertz CT molecular complexity index is 383. The molecule has 0 unspecified atom stereocenters. The van der Waals surface area contributed by atoms with Crippen LogP contribution in [0.5, 0.6) is 0 Å². The average Bonchev–Trinajstić information content (AvgIpc) is 2.16. The quantitative estimate of drug-likeness (QED) is 0.698. The van der Waals surface area contributed by atoms with Crippen LogP contribution < -0.4 is 0 Å². The number of aryl methyl sites for hydroxylation is 1. The van der Waals surface area contributed by atoms with Gasteiger partial charge in [-0.05, 0) is 43.5 Å². The van der Waals surface area contributed by atoms with Crippen LogP contribution in [-0.2, 0) is 6.42 Å². The highest BCUT2D eigenvalue weighted by atomic mass is 19.3. The molecule has 1 nitrogen and oxygen atoms in total. The molecule has 3 heteroatoms. The highest BCUT2D eigenvalue weighted by Gasteiger charge is 2.16. The van der Waals surface area contributed by atoms with Gasteiger partial charge in [0.05, 0.1) is 0 Å². The molecule has 0 N–H and O–H groups in total. The average molecular weight is 212 g/mol. The van der Waals surface area contributed by atoms with Crippen LogP contribution in [0.4, 0.5) is 8.78 Å². The van der Waals surface area contributed by atoms with Gasteiger partial charge < -0.3 is 0 Å². The molecule has 0 atom stereocenters. The van der Waals surface area contributed by atoms with Crippen LogP contribution in [0, 0.1) is 6.92 Å². The van der Waals surface area contributed by atoms with Gasteiger partial charge in [-0.1, -0.05) is 6.92 Å². The molecule has 0 saturated heterocycles. The normalized spacial score (nSPS) is 10.8. The third kappa shape index (κ3) is 2.41. The van der Waals surface area contributed by atoms with Crippen molar-refractivity contribution >= 4 is 5.78 Å². The molecular weight excluding hydrogens is 198 g/mol. The zero-order valence-corrected chi connectivity index (χ0v) is 9.10. The fourth-order valence-corrected chi connectivity index (χ4v) is 1.73. The van der Waals surface area contributed by atoms with E-state index < -0.39 is 6.43 Å². The summed E-state index contributed by atoms with van der Waals surface area (Å²) in [6.45, 7) is 4.98. The van der Waals surface area contributed by atoms with Crippen molar-refractivity contribution in [1.29, 1.82) is 0 Å². The van der Waals surface area contributed by atoms with E-state index in [2.05, 4.69) is 0 Å². The van der Waals surface area contributed by atoms with E-state index in [0.29, 0.717) is 17.5 Å². The summed E-state index contributed by atoms with van der Waals surface area (Å²) in [6, 6.07) is 2.98. The Kier molecular flexibility index (Phi) is 3.56. The zero-order valence-electron chi connectivity index (χ0n) is 9.10. The minimum Gasteiger partial charge on any atom is -0.295 e. The van der Waals surface area contributed by atoms with Gasteiger partial charge in [0.15, 0.2) is 5.78 Å². The molecular formula is C12H14F2O. The number of halogens is 2. The molecule has 0 aliphatic carbocycles. The SMILES string of the molecule is CCc1c(C)cc(C(C)=O)cc1C(F)F. The minimum atomic E-state index is -2.52. The number of alkyl halides is 2. The lowest BCUT2D eigenvalue weighted by Crippen LogP contribution is -2.02. The number of benzene rings is 1. The molecule has 82 valence electrons. The smallest absolute Gasteiger partial charge is 0.264 e. The lowest BCUT2D eigenvalue weighted by Gasteiger charge is -2.12. The molecule has 1 rings (SSSR count). The molecule has 1 aromatic rings. The van der Waals surface area contributed by atoms with Gasteiger partial charge in [-0.25, -0.2) is 8.78 Å². The van der Waals surface area contributed by atoms with Crippen LogP contribution in [0.3, 0.4) is 0 Å². The van der Waals surface area contributed by atoms with Crippen LogP contribution in [0.15, 0.2) is 12.1 Å². The monoisotopic (exact) mass is 212 g/mol. The van der Waals surface area contributed by atoms with Crippen molar-refractivity contribution in [2.24, 2.45) is 0 Å². The van der Waals surface area contributed by atoms with Crippen LogP contribution in [-0.4, -0.2) is 5.78 Å². The summed E-state index contributed by atoms with van der Waals surface area (Å²) in [5.74, 6) is -0.178. The first-order valence-electron chi connectivity index (χ1n) is 4.89. The summed E-state index contributed by atoms with van der Waals surface area (Å²) in [5.41, 5.74) is 1.76. The van der Waals surface area contributed by atoms with E-state index in [-0.39, 0.29) is 11.3 Å². The maximum Gasteiger partial charge on any atom is 0.264 e. The molecule has 0 amide bonds. The first-order chi connectivity index (χ1) is 6.97. The van der Waals surface area contributed by atoms with Crippen molar-refractivity contribution in [2.45, 2.75) is 33.6 Å². The topological polar surface area (TPSA) is 17.1 Å². The fraction of sp³-hybridized carbons (Fsp3) is 0.417. The first kappa shape index (κ1) is 11.8. The van der Waals surface area contributed by atoms with Gasteiger partial charge in [-0.3, -0.25) is 4.79 Å². The van der Waals surface area contributed by atoms with E-state index in [1.807, 2.05) is 6.92 Å². The van der Waals surface area contributed by atoms with E-state index in [1.54, 1.807) is 13.0 Å². The molecule has 0 aromatic heterocycles. The second kappa shape index (κ2) is 4.51. The highest BCUT2D eigenvalue weighted by molar-refractivity contribution is 5.94. The Labute approximate surface area is 88.1 Å². The van der Waals surface area contributed by atoms with E-state index >= 15 is 0 Å². The zero-order chi connectivity index (χ0) is 11.6. The van der Waals surface area contributed by atoms with Gasteiger partial charge in [0, 0.05) is 11.1 Å². The molecule has 0 aliphatic heterocycles. The van der Waals surface area contributed by atoms with Gasteiger partial charge in [0.1, 0.15) is 0 Å². The molecule has 0 radical (unpaired) electrons. The molecule has 15 heavy (non-hydrogen) atoms. The van der Waals surface area contributed by atoms with Crippen molar-refractivity contribution in [3.05, 3.63) is 34.4 Å². The summed E-state index contributed by atoms with van der Waals surface area (Å²) < 4.78 is 25.5. The maximum absolute atomic E-state index is 12.7. The summed E-state index contributed by atoms with van der Waals surface area (Å²) in [5, 5.41) is 0. The van der Waals surface area contributed by atoms with Crippen molar-refractivity contribution in [3.63, 3.8) is 0 Å². The van der Waals surface area contributed by atoms with E-state index in [0.717, 1.165) is 5.56 Å². The van der Waals surface area contributed by atoms with Crippen LogP contribution >= 0.6 is 0 Å². The van der Waals surface area contributed by atoms with Crippen molar-refractivity contribution in [3.8, 4) is 0 Å². The van der Waals surface area contributed by atoms with E-state index in [4.69, 9.17) is 0 Å². The summed E-state index contributed by atoms with van der Waals surface area (Å²) in [6.07, 6.45) is -1.96. The largest absolute Gasteiger partial charge is 0.295 e. The van der Waals surface area contributed by atoms with Gasteiger partial charge in [0.25, 0.3) is 6.43 Å². The Balaban J connectivity index is 3.38. The number of rotatable bonds is 3. The Morgan fingerprint density at radius 1 is 1.40 bits per heavy atom. The van der Waals surface area contributed by atoms with Gasteiger partial charge in [-0.15, -0.1) is 0 Å². The molecule has 0 heterocycles. The summed E-state index contributed by atoms with van der Waals surface area (Å²) in [4.78, 5) is 11.1. The third-order valence-electron chi connectivity index (χ3n) is 2.50. The Hall–Kier alpha value is -1.25. The number of carbonyl (C=O) groups excluding carboxylic acids is 1. The van der Waals surface area contributed by atoms with Gasteiger partial charge in [-0.2, -0.15) is 0 Å². The molecule has 0 saturated carbocycles. The molecule has 0 aliphatic rings. The van der Waals surface area contributed by atoms with E-state index in [1.165, 1.54) is 13.0 Å². The maximum atomic E-state index is 12.7. The molecule has 0 bridgehead atoms. The fourth-order valence-electron chi connectivity index (χ4n) is 1.73. The van der Waals surface area contributed by atoms with Crippen LogP contribution in [0.2, 0.25) is 0 Å². The lowest BCUT2D eigenvalue weighted by atomic mass is 9.95. The third-order valence-corrected chi connectivity index (χ3v) is 2.50. The Morgan fingerprint density at radius 3 is 2.40 bits per heavy atom. The Morgan fingerprint density at radius 2 is 2.00 bits per heavy atom. The predicted octanol–water partition coefficient (Wildman–Crippen LogP) is 3.70. The number of hydrogen-bond donors (Lipinski definition) is 0. The number of carbonyl (C=O) groups is 1. The van der Waals surface area contributed by atoms with Crippen molar-refractivity contribution < 1.29 is 13.6 Å².